The molecular formula is C17H25NO4. The zero-order valence-electron chi connectivity index (χ0n) is 13.3. The van der Waals surface area contributed by atoms with Crippen molar-refractivity contribution in [3.63, 3.8) is 0 Å². The van der Waals surface area contributed by atoms with E-state index in [1.807, 2.05) is 37.4 Å². The third kappa shape index (κ3) is 6.16. The lowest BCUT2D eigenvalue weighted by Crippen LogP contribution is -2.37. The highest BCUT2D eigenvalue weighted by Crippen LogP contribution is 2.31. The van der Waals surface area contributed by atoms with Gasteiger partial charge in [-0.25, -0.2) is 4.79 Å². The van der Waals surface area contributed by atoms with Gasteiger partial charge in [0.2, 0.25) is 0 Å². The van der Waals surface area contributed by atoms with Gasteiger partial charge in [-0.3, -0.25) is 4.79 Å². The van der Waals surface area contributed by atoms with Gasteiger partial charge in [-0.2, -0.15) is 0 Å². The molecule has 1 saturated carbocycles. The molecule has 1 fully saturated rings. The Labute approximate surface area is 131 Å². The van der Waals surface area contributed by atoms with Crippen LogP contribution in [0.4, 0.5) is 4.79 Å². The van der Waals surface area contributed by atoms with E-state index in [1.54, 1.807) is 4.90 Å². The quantitative estimate of drug-likeness (QED) is 0.845. The molecule has 0 aliphatic heterocycles. The van der Waals surface area contributed by atoms with Gasteiger partial charge in [-0.05, 0) is 24.8 Å². The highest BCUT2D eigenvalue weighted by molar-refractivity contribution is 5.67. The van der Waals surface area contributed by atoms with E-state index in [9.17, 15) is 4.79 Å². The van der Waals surface area contributed by atoms with Crippen molar-refractivity contribution in [3.05, 3.63) is 35.9 Å². The molecule has 1 amide bonds. The van der Waals surface area contributed by atoms with Gasteiger partial charge in [0, 0.05) is 13.1 Å². The van der Waals surface area contributed by atoms with Gasteiger partial charge in [-0.1, -0.05) is 49.6 Å². The third-order valence-electron chi connectivity index (χ3n) is 4.05. The standard InChI is InChI=1S/C16H23NO2.CH2O2/c1-13(11-14-9-6-10-14)17(2)16(18)19-12-15-7-4-3-5-8-15;2-1-3/h3-5,7-8,13-14H,6,9-12H2,1-2H3;1H,(H,2,3). The van der Waals surface area contributed by atoms with E-state index < -0.39 is 0 Å². The number of nitrogens with zero attached hydrogens (tertiary/aromatic N) is 1. The molecule has 1 aromatic rings. The van der Waals surface area contributed by atoms with Crippen molar-refractivity contribution in [3.8, 4) is 0 Å². The maximum atomic E-state index is 11.9. The third-order valence-corrected chi connectivity index (χ3v) is 4.05. The molecule has 5 nitrogen and oxygen atoms in total. The molecule has 5 heteroatoms. The van der Waals surface area contributed by atoms with Crippen molar-refractivity contribution < 1.29 is 19.4 Å². The lowest BCUT2D eigenvalue weighted by Gasteiger charge is -2.32. The first-order valence-electron chi connectivity index (χ1n) is 7.59. The minimum absolute atomic E-state index is 0.226. The maximum absolute atomic E-state index is 11.9. The molecule has 1 aromatic carbocycles. The smallest absolute Gasteiger partial charge is 0.410 e. The van der Waals surface area contributed by atoms with E-state index in [4.69, 9.17) is 14.6 Å². The minimum Gasteiger partial charge on any atom is -0.483 e. The number of rotatable bonds is 5. The summed E-state index contributed by atoms with van der Waals surface area (Å²) in [6.45, 7) is 2.20. The van der Waals surface area contributed by atoms with Crippen LogP contribution < -0.4 is 0 Å². The fourth-order valence-corrected chi connectivity index (χ4v) is 2.37. The number of ether oxygens (including phenoxy) is 1. The van der Waals surface area contributed by atoms with E-state index in [1.165, 1.54) is 19.3 Å². The van der Waals surface area contributed by atoms with Crippen LogP contribution in [0.2, 0.25) is 0 Å². The van der Waals surface area contributed by atoms with Crippen molar-refractivity contribution in [1.29, 1.82) is 0 Å². The van der Waals surface area contributed by atoms with E-state index >= 15 is 0 Å². The summed E-state index contributed by atoms with van der Waals surface area (Å²) in [6, 6.07) is 10.0. The molecule has 0 spiro atoms. The molecule has 0 aromatic heterocycles. The average molecular weight is 307 g/mol. The second-order valence-electron chi connectivity index (χ2n) is 5.64. The van der Waals surface area contributed by atoms with Crippen molar-refractivity contribution in [2.75, 3.05) is 7.05 Å². The SMILES string of the molecule is CC(CC1CCC1)N(C)C(=O)OCc1ccccc1.O=CO. The maximum Gasteiger partial charge on any atom is 0.410 e. The van der Waals surface area contributed by atoms with Gasteiger partial charge in [0.05, 0.1) is 0 Å². The second kappa shape index (κ2) is 9.82. The lowest BCUT2D eigenvalue weighted by molar-refractivity contribution is -0.122. The molecular weight excluding hydrogens is 282 g/mol. The highest BCUT2D eigenvalue weighted by Gasteiger charge is 2.24. The first-order valence-corrected chi connectivity index (χ1v) is 7.59. The summed E-state index contributed by atoms with van der Waals surface area (Å²) in [6.07, 6.45) is 4.85. The van der Waals surface area contributed by atoms with Crippen LogP contribution in [-0.2, 0) is 16.1 Å². The zero-order chi connectivity index (χ0) is 16.4. The summed E-state index contributed by atoms with van der Waals surface area (Å²) in [5, 5.41) is 6.89. The van der Waals surface area contributed by atoms with Crippen LogP contribution >= 0.6 is 0 Å². The molecule has 1 aliphatic carbocycles. The Kier molecular flexibility index (Phi) is 8.04. The molecule has 2 rings (SSSR count). The van der Waals surface area contributed by atoms with Gasteiger partial charge in [-0.15, -0.1) is 0 Å². The van der Waals surface area contributed by atoms with Crippen molar-refractivity contribution in [1.82, 2.24) is 4.90 Å². The summed E-state index contributed by atoms with van der Waals surface area (Å²) >= 11 is 0. The molecule has 1 unspecified atom stereocenters. The largest absolute Gasteiger partial charge is 0.483 e. The fourth-order valence-electron chi connectivity index (χ4n) is 2.37. The zero-order valence-corrected chi connectivity index (χ0v) is 13.3. The highest BCUT2D eigenvalue weighted by atomic mass is 16.6. The van der Waals surface area contributed by atoms with E-state index in [-0.39, 0.29) is 18.6 Å². The van der Waals surface area contributed by atoms with Crippen molar-refractivity contribution in [2.45, 2.75) is 45.3 Å². The summed E-state index contributed by atoms with van der Waals surface area (Å²) < 4.78 is 5.33. The number of hydrogen-bond acceptors (Lipinski definition) is 3. The van der Waals surface area contributed by atoms with E-state index in [0.717, 1.165) is 17.9 Å². The number of benzene rings is 1. The molecule has 0 heterocycles. The van der Waals surface area contributed by atoms with Crippen LogP contribution in [0.5, 0.6) is 0 Å². The second-order valence-corrected chi connectivity index (χ2v) is 5.64. The fraction of sp³-hybridized carbons (Fsp3) is 0.529. The Morgan fingerprint density at radius 2 is 2.00 bits per heavy atom. The molecule has 0 radical (unpaired) electrons. The van der Waals surface area contributed by atoms with Crippen LogP contribution in [0, 0.1) is 5.92 Å². The van der Waals surface area contributed by atoms with Gasteiger partial charge in [0.15, 0.2) is 0 Å². The monoisotopic (exact) mass is 307 g/mol. The minimum atomic E-state index is -0.250. The summed E-state index contributed by atoms with van der Waals surface area (Å²) in [5.74, 6) is 0.805. The first-order chi connectivity index (χ1) is 10.6. The van der Waals surface area contributed by atoms with Gasteiger partial charge >= 0.3 is 6.09 Å². The van der Waals surface area contributed by atoms with Gasteiger partial charge in [0.25, 0.3) is 6.47 Å². The average Bonchev–Trinajstić information content (AvgIpc) is 2.49. The molecule has 1 N–H and O–H groups in total. The molecule has 22 heavy (non-hydrogen) atoms. The molecule has 122 valence electrons. The van der Waals surface area contributed by atoms with Crippen molar-refractivity contribution in [2.24, 2.45) is 5.92 Å². The Morgan fingerprint density at radius 1 is 1.41 bits per heavy atom. The van der Waals surface area contributed by atoms with Crippen molar-refractivity contribution >= 4 is 12.6 Å². The Hall–Kier alpha value is -2.04. The first kappa shape index (κ1) is 18.0. The molecule has 1 aliphatic rings. The van der Waals surface area contributed by atoms with E-state index in [2.05, 4.69) is 6.92 Å². The number of carbonyl (C=O) groups is 2. The number of carbonyl (C=O) groups excluding carboxylic acids is 1. The summed E-state index contributed by atoms with van der Waals surface area (Å²) in [7, 11) is 1.83. The van der Waals surface area contributed by atoms with Gasteiger partial charge in [0.1, 0.15) is 6.61 Å². The van der Waals surface area contributed by atoms with Gasteiger partial charge < -0.3 is 14.7 Å². The van der Waals surface area contributed by atoms with Crippen LogP contribution in [0.3, 0.4) is 0 Å². The topological polar surface area (TPSA) is 66.8 Å². The Bertz CT molecular complexity index is 445. The van der Waals surface area contributed by atoms with Crippen LogP contribution in [-0.4, -0.2) is 35.7 Å². The number of carboxylic acid groups (broad SMARTS) is 1. The predicted molar refractivity (Wildman–Crippen MR) is 84.5 cm³/mol. The lowest BCUT2D eigenvalue weighted by atomic mass is 9.81. The molecule has 0 bridgehead atoms. The number of amides is 1. The molecule has 0 saturated heterocycles. The number of hydrogen-bond donors (Lipinski definition) is 1. The normalized spacial score (nSPS) is 14.8. The van der Waals surface area contributed by atoms with E-state index in [0.29, 0.717) is 6.61 Å². The Balaban J connectivity index is 0.000000745. The van der Waals surface area contributed by atoms with Crippen LogP contribution in [0.25, 0.3) is 0 Å². The van der Waals surface area contributed by atoms with Crippen LogP contribution in [0.1, 0.15) is 38.2 Å². The molecule has 1 atom stereocenters. The summed E-state index contributed by atoms with van der Waals surface area (Å²) in [5.41, 5.74) is 1.02. The Morgan fingerprint density at radius 3 is 2.50 bits per heavy atom. The van der Waals surface area contributed by atoms with Crippen LogP contribution in [0.15, 0.2) is 30.3 Å². The summed E-state index contributed by atoms with van der Waals surface area (Å²) in [4.78, 5) is 22.0. The predicted octanol–water partition coefficient (Wildman–Crippen LogP) is 3.53.